The fourth-order valence-corrected chi connectivity index (χ4v) is 3.75. The zero-order valence-corrected chi connectivity index (χ0v) is 14.4. The van der Waals surface area contributed by atoms with E-state index in [0.29, 0.717) is 6.04 Å². The van der Waals surface area contributed by atoms with Gasteiger partial charge < -0.3 is 15.1 Å². The highest BCUT2D eigenvalue weighted by Crippen LogP contribution is 2.27. The van der Waals surface area contributed by atoms with E-state index in [1.54, 1.807) is 12.4 Å². The molecule has 1 aromatic carbocycles. The minimum Gasteiger partial charge on any atom is -0.373 e. The summed E-state index contributed by atoms with van der Waals surface area (Å²) in [5.41, 5.74) is 3.39. The average Bonchev–Trinajstić information content (AvgIpc) is 2.78. The highest BCUT2D eigenvalue weighted by molar-refractivity contribution is 5.89. The number of likely N-dealkylation sites (N-methyl/N-ethyl adjacent to an activating group) is 1. The number of hydrogen-bond donors (Lipinski definition) is 1. The van der Waals surface area contributed by atoms with Crippen molar-refractivity contribution in [2.45, 2.75) is 12.6 Å². The van der Waals surface area contributed by atoms with E-state index in [1.165, 1.54) is 11.3 Å². The lowest BCUT2D eigenvalue weighted by Crippen LogP contribution is -2.57. The van der Waals surface area contributed by atoms with E-state index in [2.05, 4.69) is 51.4 Å². The zero-order chi connectivity index (χ0) is 17.2. The summed E-state index contributed by atoms with van der Waals surface area (Å²) >= 11 is 0. The number of benzene rings is 1. The molecular weight excluding hydrogens is 314 g/mol. The van der Waals surface area contributed by atoms with Gasteiger partial charge >= 0.3 is 6.03 Å². The number of para-hydroxylation sites is 1. The van der Waals surface area contributed by atoms with Gasteiger partial charge in [-0.05, 0) is 23.8 Å². The number of carbonyl (C=O) groups excluding carboxylic acids is 1. The van der Waals surface area contributed by atoms with Crippen molar-refractivity contribution in [1.29, 1.82) is 0 Å². The second-order valence-electron chi connectivity index (χ2n) is 6.75. The van der Waals surface area contributed by atoms with Crippen LogP contribution in [0.4, 0.5) is 16.2 Å². The summed E-state index contributed by atoms with van der Waals surface area (Å²) in [6, 6.07) is 12.6. The SMILES string of the molecule is CN1CC2CN(C(=O)Nc3cccnc3)CCN2Cc2ccccc21. The molecule has 6 heteroatoms. The number of urea groups is 1. The quantitative estimate of drug-likeness (QED) is 0.867. The summed E-state index contributed by atoms with van der Waals surface area (Å²) in [7, 11) is 2.14. The van der Waals surface area contributed by atoms with Crippen LogP contribution in [0.1, 0.15) is 5.56 Å². The first kappa shape index (κ1) is 15.9. The molecule has 1 saturated heterocycles. The van der Waals surface area contributed by atoms with Crippen LogP contribution in [0.15, 0.2) is 48.8 Å². The van der Waals surface area contributed by atoms with Crippen LogP contribution in [-0.2, 0) is 6.54 Å². The van der Waals surface area contributed by atoms with Crippen molar-refractivity contribution >= 4 is 17.4 Å². The molecule has 1 fully saturated rings. The van der Waals surface area contributed by atoms with Crippen molar-refractivity contribution in [1.82, 2.24) is 14.8 Å². The fraction of sp³-hybridized carbons (Fsp3) is 0.368. The van der Waals surface area contributed by atoms with Crippen LogP contribution in [0.2, 0.25) is 0 Å². The van der Waals surface area contributed by atoms with Crippen LogP contribution in [0, 0.1) is 0 Å². The van der Waals surface area contributed by atoms with Crippen molar-refractivity contribution in [3.63, 3.8) is 0 Å². The lowest BCUT2D eigenvalue weighted by Gasteiger charge is -2.41. The number of piperazine rings is 1. The predicted molar refractivity (Wildman–Crippen MR) is 98.7 cm³/mol. The Hall–Kier alpha value is -2.60. The van der Waals surface area contributed by atoms with E-state index in [-0.39, 0.29) is 6.03 Å². The van der Waals surface area contributed by atoms with Crippen LogP contribution < -0.4 is 10.2 Å². The van der Waals surface area contributed by atoms with Gasteiger partial charge in [0, 0.05) is 57.7 Å². The molecule has 0 bridgehead atoms. The summed E-state index contributed by atoms with van der Waals surface area (Å²) in [4.78, 5) is 23.3. The number of nitrogens with zero attached hydrogens (tertiary/aromatic N) is 4. The Bertz CT molecular complexity index is 750. The van der Waals surface area contributed by atoms with Crippen LogP contribution in [0.25, 0.3) is 0 Å². The van der Waals surface area contributed by atoms with Crippen LogP contribution in [-0.4, -0.2) is 60.1 Å². The largest absolute Gasteiger partial charge is 0.373 e. The molecule has 4 rings (SSSR count). The molecule has 1 N–H and O–H groups in total. The molecule has 0 saturated carbocycles. The van der Waals surface area contributed by atoms with Gasteiger partial charge in [-0.25, -0.2) is 4.79 Å². The van der Waals surface area contributed by atoms with Gasteiger partial charge in [0.1, 0.15) is 0 Å². The number of carbonyl (C=O) groups is 1. The lowest BCUT2D eigenvalue weighted by atomic mass is 10.1. The van der Waals surface area contributed by atoms with E-state index in [0.717, 1.165) is 38.4 Å². The molecule has 0 aliphatic carbocycles. The number of rotatable bonds is 1. The number of nitrogens with one attached hydrogen (secondary N) is 1. The van der Waals surface area contributed by atoms with Gasteiger partial charge in [0.15, 0.2) is 0 Å². The molecular formula is C19H23N5O. The summed E-state index contributed by atoms with van der Waals surface area (Å²) < 4.78 is 0. The van der Waals surface area contributed by atoms with Crippen molar-refractivity contribution in [2.75, 3.05) is 43.4 Å². The highest BCUT2D eigenvalue weighted by Gasteiger charge is 2.33. The molecule has 0 radical (unpaired) electrons. The second-order valence-corrected chi connectivity index (χ2v) is 6.75. The average molecular weight is 337 g/mol. The summed E-state index contributed by atoms with van der Waals surface area (Å²) in [6.07, 6.45) is 3.37. The summed E-state index contributed by atoms with van der Waals surface area (Å²) in [5, 5.41) is 2.94. The van der Waals surface area contributed by atoms with Crippen molar-refractivity contribution < 1.29 is 4.79 Å². The third-order valence-electron chi connectivity index (χ3n) is 5.07. The standard InChI is InChI=1S/C19H23N5O/c1-22-13-17-14-24(19(25)21-16-6-4-8-20-11-16)10-9-23(17)12-15-5-2-3-7-18(15)22/h2-8,11,17H,9-10,12-14H2,1H3,(H,21,25). The minimum atomic E-state index is -0.0444. The van der Waals surface area contributed by atoms with Gasteiger partial charge in [-0.15, -0.1) is 0 Å². The Morgan fingerprint density at radius 2 is 2.04 bits per heavy atom. The van der Waals surface area contributed by atoms with Crippen molar-refractivity contribution in [2.24, 2.45) is 0 Å². The van der Waals surface area contributed by atoms with Crippen molar-refractivity contribution in [3.05, 3.63) is 54.4 Å². The van der Waals surface area contributed by atoms with E-state index in [1.807, 2.05) is 17.0 Å². The van der Waals surface area contributed by atoms with E-state index in [9.17, 15) is 4.79 Å². The molecule has 2 aliphatic heterocycles. The first-order valence-corrected chi connectivity index (χ1v) is 8.70. The molecule has 1 unspecified atom stereocenters. The third kappa shape index (κ3) is 3.30. The van der Waals surface area contributed by atoms with Crippen molar-refractivity contribution in [3.8, 4) is 0 Å². The number of aromatic nitrogens is 1. The molecule has 25 heavy (non-hydrogen) atoms. The molecule has 1 aromatic heterocycles. The predicted octanol–water partition coefficient (Wildman–Crippen LogP) is 2.25. The second kappa shape index (κ2) is 6.72. The monoisotopic (exact) mass is 337 g/mol. The van der Waals surface area contributed by atoms with Crippen LogP contribution >= 0.6 is 0 Å². The van der Waals surface area contributed by atoms with Crippen LogP contribution in [0.3, 0.4) is 0 Å². The molecule has 1 atom stereocenters. The maximum Gasteiger partial charge on any atom is 0.321 e. The first-order chi connectivity index (χ1) is 12.2. The van der Waals surface area contributed by atoms with Gasteiger partial charge in [-0.3, -0.25) is 9.88 Å². The fourth-order valence-electron chi connectivity index (χ4n) is 3.75. The molecule has 2 amide bonds. The number of pyridine rings is 1. The normalized spacial score (nSPS) is 20.4. The van der Waals surface area contributed by atoms with Gasteiger partial charge in [0.2, 0.25) is 0 Å². The Morgan fingerprint density at radius 3 is 2.88 bits per heavy atom. The highest BCUT2D eigenvalue weighted by atomic mass is 16.2. The Labute approximate surface area is 148 Å². The first-order valence-electron chi connectivity index (χ1n) is 8.70. The van der Waals surface area contributed by atoms with E-state index in [4.69, 9.17) is 0 Å². The third-order valence-corrected chi connectivity index (χ3v) is 5.07. The topological polar surface area (TPSA) is 51.7 Å². The maximum absolute atomic E-state index is 12.6. The molecule has 6 nitrogen and oxygen atoms in total. The Kier molecular flexibility index (Phi) is 4.28. The number of amides is 2. The molecule has 3 heterocycles. The lowest BCUT2D eigenvalue weighted by molar-refractivity contribution is 0.0947. The summed E-state index contributed by atoms with van der Waals surface area (Å²) in [6.45, 7) is 4.25. The maximum atomic E-state index is 12.6. The number of anilines is 2. The Balaban J connectivity index is 1.46. The molecule has 130 valence electrons. The number of hydrogen-bond acceptors (Lipinski definition) is 4. The van der Waals surface area contributed by atoms with Gasteiger partial charge in [0.05, 0.1) is 11.9 Å². The molecule has 2 aromatic rings. The zero-order valence-electron chi connectivity index (χ0n) is 14.4. The van der Waals surface area contributed by atoms with Gasteiger partial charge in [-0.1, -0.05) is 18.2 Å². The minimum absolute atomic E-state index is 0.0444. The molecule has 0 spiro atoms. The summed E-state index contributed by atoms with van der Waals surface area (Å²) in [5.74, 6) is 0. The van der Waals surface area contributed by atoms with E-state index >= 15 is 0 Å². The van der Waals surface area contributed by atoms with Crippen LogP contribution in [0.5, 0.6) is 0 Å². The van der Waals surface area contributed by atoms with Gasteiger partial charge in [-0.2, -0.15) is 0 Å². The Morgan fingerprint density at radius 1 is 1.16 bits per heavy atom. The van der Waals surface area contributed by atoms with E-state index < -0.39 is 0 Å². The molecule has 2 aliphatic rings. The number of fused-ring (bicyclic) bond motifs is 2. The smallest absolute Gasteiger partial charge is 0.321 e. The van der Waals surface area contributed by atoms with Gasteiger partial charge in [0.25, 0.3) is 0 Å².